The number of carbonyl (C=O) groups is 3. The number of Topliss-reactive ketones (excluding diaryl/α,β-unsaturated/α-hetero) is 1. The largest absolute Gasteiger partial charge is 0.458 e. The molecule has 0 fully saturated rings. The maximum Gasteiger partial charge on any atom is 0.303 e. The summed E-state index contributed by atoms with van der Waals surface area (Å²) in [6.07, 6.45) is -0.927. The molecule has 3 N–H and O–H groups in total. The molecule has 0 unspecified atom stereocenters. The van der Waals surface area contributed by atoms with E-state index < -0.39 is 60.1 Å². The second-order valence-corrected chi connectivity index (χ2v) is 9.14. The number of fused-ring (bicyclic) bond motifs is 2. The third-order valence-corrected chi connectivity index (χ3v) is 6.53. The van der Waals surface area contributed by atoms with Crippen molar-refractivity contribution in [2.75, 3.05) is 6.61 Å². The number of esters is 2. The highest BCUT2D eigenvalue weighted by Crippen LogP contribution is 2.49. The molecule has 5 atom stereocenters. The summed E-state index contributed by atoms with van der Waals surface area (Å²) < 4.78 is 11.0. The van der Waals surface area contributed by atoms with Crippen LogP contribution in [0.1, 0.15) is 54.4 Å². The topological polar surface area (TPSA) is 130 Å². The first-order valence-electron chi connectivity index (χ1n) is 10.7. The lowest BCUT2D eigenvalue weighted by molar-refractivity contribution is -0.152. The normalized spacial score (nSPS) is 31.0. The Morgan fingerprint density at radius 3 is 2.22 bits per heavy atom. The summed E-state index contributed by atoms with van der Waals surface area (Å²) in [4.78, 5) is 37.2. The Balaban J connectivity index is 2.82. The molecule has 0 saturated carbocycles. The van der Waals surface area contributed by atoms with E-state index in [2.05, 4.69) is 0 Å². The van der Waals surface area contributed by atoms with Crippen LogP contribution in [0.5, 0.6) is 0 Å². The van der Waals surface area contributed by atoms with Crippen molar-refractivity contribution >= 4 is 17.7 Å². The third-order valence-electron chi connectivity index (χ3n) is 6.53. The monoisotopic (exact) mass is 450 g/mol. The molecule has 178 valence electrons. The van der Waals surface area contributed by atoms with Crippen LogP contribution in [-0.2, 0) is 23.9 Å². The van der Waals surface area contributed by atoms with Crippen LogP contribution in [0, 0.1) is 11.3 Å². The van der Waals surface area contributed by atoms with Crippen molar-refractivity contribution in [2.24, 2.45) is 11.3 Å². The average molecular weight is 451 g/mol. The standard InChI is InChI=1S/C24H34O8/c1-12-7-8-18(28)16(11-25)9-20(31-14(3)26)17-10-19(29)13(2)21(24(17,5)6)23(22(12)30)32-15(4)27/h7,9,17-20,23,25,28-29H,8,10-11H2,1-6H3/t17-,18-,19-,20-,23+/m0/s1. The van der Waals surface area contributed by atoms with Gasteiger partial charge >= 0.3 is 11.9 Å². The summed E-state index contributed by atoms with van der Waals surface area (Å²) in [6, 6.07) is 0. The number of hydrogen-bond donors (Lipinski definition) is 3. The van der Waals surface area contributed by atoms with E-state index in [1.807, 2.05) is 13.8 Å². The second-order valence-electron chi connectivity index (χ2n) is 9.14. The van der Waals surface area contributed by atoms with Gasteiger partial charge in [0.25, 0.3) is 0 Å². The van der Waals surface area contributed by atoms with Crippen molar-refractivity contribution in [3.63, 3.8) is 0 Å². The minimum Gasteiger partial charge on any atom is -0.458 e. The summed E-state index contributed by atoms with van der Waals surface area (Å²) in [7, 11) is 0. The summed E-state index contributed by atoms with van der Waals surface area (Å²) in [6.45, 7) is 8.96. The number of ether oxygens (including phenoxy) is 2. The van der Waals surface area contributed by atoms with Crippen LogP contribution in [0.3, 0.4) is 0 Å². The minimum absolute atomic E-state index is 0.0399. The van der Waals surface area contributed by atoms with Crippen LogP contribution < -0.4 is 0 Å². The van der Waals surface area contributed by atoms with Crippen molar-refractivity contribution in [3.8, 4) is 0 Å². The Hall–Kier alpha value is -2.29. The van der Waals surface area contributed by atoms with E-state index in [1.54, 1.807) is 13.8 Å². The molecule has 0 heterocycles. The molecule has 2 rings (SSSR count). The fourth-order valence-corrected chi connectivity index (χ4v) is 4.75. The molecule has 0 aromatic rings. The molecule has 2 aliphatic rings. The van der Waals surface area contributed by atoms with Crippen LogP contribution in [0.15, 0.2) is 34.4 Å². The Morgan fingerprint density at radius 1 is 1.09 bits per heavy atom. The molecule has 0 radical (unpaired) electrons. The van der Waals surface area contributed by atoms with E-state index in [1.165, 1.54) is 26.0 Å². The van der Waals surface area contributed by atoms with Gasteiger partial charge in [0, 0.05) is 19.8 Å². The number of hydrogen-bond acceptors (Lipinski definition) is 8. The summed E-state index contributed by atoms with van der Waals surface area (Å²) in [5.74, 6) is -2.19. The van der Waals surface area contributed by atoms with Gasteiger partial charge in [0.15, 0.2) is 6.10 Å². The Bertz CT molecular complexity index is 863. The van der Waals surface area contributed by atoms with Gasteiger partial charge in [-0.15, -0.1) is 0 Å². The number of rotatable bonds is 3. The van der Waals surface area contributed by atoms with Gasteiger partial charge in [-0.1, -0.05) is 19.9 Å². The fraction of sp³-hybridized carbons (Fsp3) is 0.625. The first-order chi connectivity index (χ1) is 14.8. The van der Waals surface area contributed by atoms with Crippen LogP contribution in [0.4, 0.5) is 0 Å². The molecular weight excluding hydrogens is 416 g/mol. The third kappa shape index (κ3) is 5.36. The van der Waals surface area contributed by atoms with E-state index in [0.717, 1.165) is 0 Å². The van der Waals surface area contributed by atoms with Gasteiger partial charge < -0.3 is 24.8 Å². The quantitative estimate of drug-likeness (QED) is 0.438. The predicted octanol–water partition coefficient (Wildman–Crippen LogP) is 1.77. The number of aliphatic hydroxyl groups is 3. The van der Waals surface area contributed by atoms with Gasteiger partial charge in [-0.25, -0.2) is 0 Å². The van der Waals surface area contributed by atoms with Crippen LogP contribution in [0.2, 0.25) is 0 Å². The van der Waals surface area contributed by atoms with Crippen molar-refractivity contribution in [2.45, 2.75) is 78.8 Å². The van der Waals surface area contributed by atoms with Gasteiger partial charge in [-0.05, 0) is 60.5 Å². The zero-order valence-corrected chi connectivity index (χ0v) is 19.5. The van der Waals surface area contributed by atoms with Crippen LogP contribution in [0.25, 0.3) is 0 Å². The molecule has 0 saturated heterocycles. The zero-order chi connectivity index (χ0) is 24.4. The summed E-state index contributed by atoms with van der Waals surface area (Å²) in [5.41, 5.74) is 0.691. The molecule has 0 aliphatic heterocycles. The molecule has 8 nitrogen and oxygen atoms in total. The Labute approximate surface area is 188 Å². The fourth-order valence-electron chi connectivity index (χ4n) is 4.75. The molecule has 2 aliphatic carbocycles. The molecule has 0 amide bonds. The molecule has 8 heteroatoms. The predicted molar refractivity (Wildman–Crippen MR) is 116 cm³/mol. The van der Waals surface area contributed by atoms with E-state index in [9.17, 15) is 29.7 Å². The molecule has 0 aromatic heterocycles. The maximum atomic E-state index is 13.4. The van der Waals surface area contributed by atoms with E-state index in [4.69, 9.17) is 9.47 Å². The van der Waals surface area contributed by atoms with Gasteiger partial charge in [0.05, 0.1) is 18.8 Å². The Kier molecular flexibility index (Phi) is 8.20. The number of ketones is 1. The second kappa shape index (κ2) is 10.1. The lowest BCUT2D eigenvalue weighted by Gasteiger charge is -2.47. The van der Waals surface area contributed by atoms with Gasteiger partial charge in [0.1, 0.15) is 6.10 Å². The van der Waals surface area contributed by atoms with E-state index >= 15 is 0 Å². The van der Waals surface area contributed by atoms with Crippen molar-refractivity contribution < 1.29 is 39.2 Å². The Morgan fingerprint density at radius 2 is 1.69 bits per heavy atom. The smallest absolute Gasteiger partial charge is 0.303 e. The highest BCUT2D eigenvalue weighted by atomic mass is 16.5. The summed E-state index contributed by atoms with van der Waals surface area (Å²) in [5, 5.41) is 31.3. The molecule has 0 aromatic carbocycles. The first kappa shape index (κ1) is 26.0. The number of carbonyl (C=O) groups excluding carboxylic acids is 3. The summed E-state index contributed by atoms with van der Waals surface area (Å²) >= 11 is 0. The van der Waals surface area contributed by atoms with Gasteiger partial charge in [-0.2, -0.15) is 0 Å². The highest BCUT2D eigenvalue weighted by Gasteiger charge is 2.50. The maximum absolute atomic E-state index is 13.4. The minimum atomic E-state index is -1.26. The van der Waals surface area contributed by atoms with E-state index in [-0.39, 0.29) is 24.0 Å². The zero-order valence-electron chi connectivity index (χ0n) is 19.5. The highest BCUT2D eigenvalue weighted by molar-refractivity contribution is 6.01. The average Bonchev–Trinajstić information content (AvgIpc) is 2.69. The molecular formula is C24H34O8. The van der Waals surface area contributed by atoms with Gasteiger partial charge in [-0.3, -0.25) is 14.4 Å². The van der Waals surface area contributed by atoms with Crippen LogP contribution >= 0.6 is 0 Å². The van der Waals surface area contributed by atoms with Crippen molar-refractivity contribution in [1.29, 1.82) is 0 Å². The SMILES string of the molecule is CC(=O)O[C@H]1C(=O)C(C)=CC[C@H](O)C(CO)=C[C@H](OC(C)=O)[C@@H]2C[C@H](O)C(C)=C1C2(C)C. The van der Waals surface area contributed by atoms with Gasteiger partial charge in [0.2, 0.25) is 5.78 Å². The molecule has 32 heavy (non-hydrogen) atoms. The van der Waals surface area contributed by atoms with Crippen LogP contribution in [-0.4, -0.2) is 64.1 Å². The van der Waals surface area contributed by atoms with E-state index in [0.29, 0.717) is 11.1 Å². The first-order valence-corrected chi connectivity index (χ1v) is 10.7. The van der Waals surface area contributed by atoms with Crippen molar-refractivity contribution in [3.05, 3.63) is 34.4 Å². The number of aliphatic hydroxyl groups excluding tert-OH is 3. The molecule has 0 spiro atoms. The lowest BCUT2D eigenvalue weighted by Crippen LogP contribution is -2.49. The molecule has 2 bridgehead atoms. The van der Waals surface area contributed by atoms with Crippen molar-refractivity contribution in [1.82, 2.24) is 0 Å². The lowest BCUT2D eigenvalue weighted by atomic mass is 9.60.